The second-order valence-corrected chi connectivity index (χ2v) is 14.8. The van der Waals surface area contributed by atoms with E-state index in [2.05, 4.69) is 26.0 Å². The highest BCUT2D eigenvalue weighted by atomic mass is 31.2. The fourth-order valence-electron chi connectivity index (χ4n) is 5.42. The minimum absolute atomic E-state index is 0.0497. The molecule has 0 saturated carbocycles. The number of phosphoric ester groups is 1. The molecule has 0 aliphatic carbocycles. The zero-order valence-corrected chi connectivity index (χ0v) is 31.9. The molecule has 0 aromatic carbocycles. The number of aliphatic hydroxyl groups excluding tert-OH is 2. The molecule has 0 saturated heterocycles. The molecule has 48 heavy (non-hydrogen) atoms. The van der Waals surface area contributed by atoms with Crippen molar-refractivity contribution in [1.82, 2.24) is 0 Å². The maximum atomic E-state index is 12.6. The summed E-state index contributed by atoms with van der Waals surface area (Å²) in [5, 5.41) is 18.3. The Hall–Kier alpha value is -0.800. The zero-order chi connectivity index (χ0) is 35.4. The van der Waals surface area contributed by atoms with Gasteiger partial charge in [0.25, 0.3) is 0 Å². The van der Waals surface area contributed by atoms with Crippen LogP contribution < -0.4 is 0 Å². The third-order valence-corrected chi connectivity index (χ3v) is 9.38. The molecule has 0 aliphatic rings. The molecule has 3 atom stereocenters. The topological polar surface area (TPSA) is 132 Å². The first-order valence-corrected chi connectivity index (χ1v) is 21.2. The number of rotatable bonds is 38. The third-order valence-electron chi connectivity index (χ3n) is 8.43. The first kappa shape index (κ1) is 47.2. The van der Waals surface area contributed by atoms with Crippen LogP contribution in [0.25, 0.3) is 0 Å². The normalized spacial score (nSPS) is 14.4. The first-order valence-electron chi connectivity index (χ1n) is 19.7. The van der Waals surface area contributed by atoms with Gasteiger partial charge in [-0.15, -0.1) is 0 Å². The smallest absolute Gasteiger partial charge is 0.457 e. The number of carbonyl (C=O) groups excluding carboxylic acids is 1. The number of aliphatic hydroxyl groups is 2. The predicted molar refractivity (Wildman–Crippen MR) is 196 cm³/mol. The van der Waals surface area contributed by atoms with Crippen molar-refractivity contribution < 1.29 is 43.0 Å². The molecule has 9 nitrogen and oxygen atoms in total. The first-order chi connectivity index (χ1) is 23.3. The van der Waals surface area contributed by atoms with Crippen LogP contribution in [0.4, 0.5) is 0 Å². The summed E-state index contributed by atoms with van der Waals surface area (Å²) in [5.41, 5.74) is 0. The Balaban J connectivity index is 4.17. The van der Waals surface area contributed by atoms with E-state index in [0.717, 1.165) is 51.4 Å². The average molecular weight is 707 g/mol. The monoisotopic (exact) mass is 707 g/mol. The van der Waals surface area contributed by atoms with E-state index in [1.54, 1.807) is 0 Å². The van der Waals surface area contributed by atoms with Crippen molar-refractivity contribution in [3.05, 3.63) is 12.2 Å². The van der Waals surface area contributed by atoms with Gasteiger partial charge in [0.05, 0.1) is 26.4 Å². The van der Waals surface area contributed by atoms with Crippen LogP contribution in [0.2, 0.25) is 0 Å². The summed E-state index contributed by atoms with van der Waals surface area (Å²) in [6, 6.07) is 0. The van der Waals surface area contributed by atoms with Crippen LogP contribution in [0, 0.1) is 0 Å². The predicted octanol–water partition coefficient (Wildman–Crippen LogP) is 10.1. The summed E-state index contributed by atoms with van der Waals surface area (Å²) in [6.45, 7) is 3.47. The van der Waals surface area contributed by atoms with Crippen molar-refractivity contribution in [2.45, 2.75) is 193 Å². The Morgan fingerprint density at radius 2 is 1.10 bits per heavy atom. The van der Waals surface area contributed by atoms with Gasteiger partial charge in [-0.1, -0.05) is 154 Å². The van der Waals surface area contributed by atoms with E-state index < -0.39 is 33.2 Å². The van der Waals surface area contributed by atoms with Crippen LogP contribution in [0.3, 0.4) is 0 Å². The Labute approximate surface area is 294 Å². The molecule has 0 spiro atoms. The van der Waals surface area contributed by atoms with Crippen LogP contribution in [0.1, 0.15) is 181 Å². The highest BCUT2D eigenvalue weighted by Crippen LogP contribution is 2.43. The minimum atomic E-state index is -4.51. The second-order valence-electron chi connectivity index (χ2n) is 13.3. The van der Waals surface area contributed by atoms with Crippen molar-refractivity contribution in [3.63, 3.8) is 0 Å². The van der Waals surface area contributed by atoms with Crippen LogP contribution >= 0.6 is 7.82 Å². The van der Waals surface area contributed by atoms with E-state index in [1.165, 1.54) is 109 Å². The molecule has 10 heteroatoms. The number of esters is 1. The Morgan fingerprint density at radius 1 is 0.625 bits per heavy atom. The second kappa shape index (κ2) is 36.0. The molecule has 0 aromatic heterocycles. The molecule has 0 bridgehead atoms. The quantitative estimate of drug-likeness (QED) is 0.0248. The largest absolute Gasteiger partial charge is 0.472 e. The third kappa shape index (κ3) is 35.0. The molecule has 0 fully saturated rings. The molecule has 0 amide bonds. The van der Waals surface area contributed by atoms with E-state index in [4.69, 9.17) is 23.6 Å². The van der Waals surface area contributed by atoms with Crippen LogP contribution in [0.15, 0.2) is 12.2 Å². The van der Waals surface area contributed by atoms with Gasteiger partial charge in [-0.25, -0.2) is 4.57 Å². The van der Waals surface area contributed by atoms with Gasteiger partial charge in [-0.2, -0.15) is 0 Å². The van der Waals surface area contributed by atoms with E-state index in [1.807, 2.05) is 0 Å². The number of phosphoric acid groups is 1. The summed E-state index contributed by atoms with van der Waals surface area (Å²) in [6.07, 6.45) is 33.1. The van der Waals surface area contributed by atoms with E-state index >= 15 is 0 Å². The standard InChI is InChI=1S/C38H75O9P/c1-3-5-7-9-11-13-15-16-17-18-19-20-22-24-26-28-30-38(41)47-37(35-46-48(42,43)45-33-36(40)32-39)34-44-31-29-27-25-23-21-14-12-10-8-6-4-2/h8,10,36-37,39-40H,3-7,9,11-35H2,1-2H3,(H,42,43)/b10-8-. The zero-order valence-electron chi connectivity index (χ0n) is 31.0. The van der Waals surface area contributed by atoms with E-state index in [9.17, 15) is 19.4 Å². The molecule has 0 heterocycles. The van der Waals surface area contributed by atoms with Gasteiger partial charge in [0, 0.05) is 13.0 Å². The van der Waals surface area contributed by atoms with Gasteiger partial charge < -0.3 is 24.6 Å². The van der Waals surface area contributed by atoms with Crippen LogP contribution in [0.5, 0.6) is 0 Å². The molecule has 286 valence electrons. The van der Waals surface area contributed by atoms with Gasteiger partial charge in [0.1, 0.15) is 12.2 Å². The molecular formula is C38H75O9P. The van der Waals surface area contributed by atoms with Crippen molar-refractivity contribution in [1.29, 1.82) is 0 Å². The number of allylic oxidation sites excluding steroid dienone is 2. The molecule has 0 aliphatic heterocycles. The molecule has 3 unspecified atom stereocenters. The summed E-state index contributed by atoms with van der Waals surface area (Å²) in [5.74, 6) is -0.383. The maximum Gasteiger partial charge on any atom is 0.472 e. The fraction of sp³-hybridized carbons (Fsp3) is 0.921. The number of carbonyl (C=O) groups is 1. The maximum absolute atomic E-state index is 12.6. The summed E-state index contributed by atoms with van der Waals surface area (Å²) in [4.78, 5) is 22.5. The van der Waals surface area contributed by atoms with E-state index in [-0.39, 0.29) is 25.6 Å². The number of hydrogen-bond donors (Lipinski definition) is 3. The van der Waals surface area contributed by atoms with Gasteiger partial charge in [-0.05, 0) is 32.1 Å². The average Bonchev–Trinajstić information content (AvgIpc) is 3.07. The van der Waals surface area contributed by atoms with Gasteiger partial charge in [-0.3, -0.25) is 13.8 Å². The number of unbranched alkanes of at least 4 members (excludes halogenated alkanes) is 22. The van der Waals surface area contributed by atoms with Crippen molar-refractivity contribution in [3.8, 4) is 0 Å². The van der Waals surface area contributed by atoms with Gasteiger partial charge in [0.2, 0.25) is 0 Å². The fourth-order valence-corrected chi connectivity index (χ4v) is 6.21. The number of hydrogen-bond acceptors (Lipinski definition) is 8. The lowest BCUT2D eigenvalue weighted by Crippen LogP contribution is -2.29. The Kier molecular flexibility index (Phi) is 35.4. The Bertz CT molecular complexity index is 764. The molecule has 3 N–H and O–H groups in total. The van der Waals surface area contributed by atoms with Crippen molar-refractivity contribution in [2.75, 3.05) is 33.0 Å². The summed E-state index contributed by atoms with van der Waals surface area (Å²) in [7, 11) is -4.51. The number of ether oxygens (including phenoxy) is 2. The van der Waals surface area contributed by atoms with Crippen molar-refractivity contribution >= 4 is 13.8 Å². The molecule has 0 rings (SSSR count). The van der Waals surface area contributed by atoms with Crippen molar-refractivity contribution in [2.24, 2.45) is 0 Å². The highest BCUT2D eigenvalue weighted by molar-refractivity contribution is 7.47. The minimum Gasteiger partial charge on any atom is -0.457 e. The lowest BCUT2D eigenvalue weighted by molar-refractivity contribution is -0.154. The SMILES string of the molecule is CCC/C=C\CCCCCCCCOCC(COP(=O)(O)OCC(O)CO)OC(=O)CCCCCCCCCCCCCCCCCC. The Morgan fingerprint density at radius 3 is 1.65 bits per heavy atom. The van der Waals surface area contributed by atoms with Gasteiger partial charge in [0.15, 0.2) is 0 Å². The van der Waals surface area contributed by atoms with Crippen LogP contribution in [-0.4, -0.2) is 66.3 Å². The lowest BCUT2D eigenvalue weighted by Gasteiger charge is -2.20. The molecule has 0 radical (unpaired) electrons. The lowest BCUT2D eigenvalue weighted by atomic mass is 10.0. The highest BCUT2D eigenvalue weighted by Gasteiger charge is 2.26. The molecular weight excluding hydrogens is 631 g/mol. The molecule has 0 aromatic rings. The van der Waals surface area contributed by atoms with Gasteiger partial charge >= 0.3 is 13.8 Å². The summed E-state index contributed by atoms with van der Waals surface area (Å²) >= 11 is 0. The van der Waals surface area contributed by atoms with Crippen LogP contribution in [-0.2, 0) is 27.9 Å². The van der Waals surface area contributed by atoms with E-state index in [0.29, 0.717) is 6.61 Å². The summed E-state index contributed by atoms with van der Waals surface area (Å²) < 4.78 is 33.2.